The molecule has 5 heteroatoms. The number of rotatable bonds is 9. The summed E-state index contributed by atoms with van der Waals surface area (Å²) in [6.07, 6.45) is 4.41. The first kappa shape index (κ1) is 21.8. The molecule has 1 atom stereocenters. The Morgan fingerprint density at radius 3 is 2.70 bits per heavy atom. The smallest absolute Gasteiger partial charge is 0.247 e. The first-order chi connectivity index (χ1) is 14.5. The van der Waals surface area contributed by atoms with Gasteiger partial charge in [-0.1, -0.05) is 49.4 Å². The number of aromatic nitrogens is 1. The second-order valence-electron chi connectivity index (χ2n) is 7.26. The number of amides is 1. The molecule has 0 spiro atoms. The van der Waals surface area contributed by atoms with E-state index in [9.17, 15) is 4.79 Å². The standard InChI is InChI=1S/C25H28N2O2S/c1-4-19(2)27(16-22-9-6-5-7-10-22)25(28)14-13-21-11-8-12-24(15-21)29-17-23-18-30-20(3)26-23/h5-15,18-19H,4,16-17H2,1-3H3/b14-13+. The van der Waals surface area contributed by atoms with Crippen LogP contribution in [-0.4, -0.2) is 21.8 Å². The van der Waals surface area contributed by atoms with E-state index < -0.39 is 0 Å². The number of ether oxygens (including phenoxy) is 1. The van der Waals surface area contributed by atoms with E-state index >= 15 is 0 Å². The molecule has 2 aromatic carbocycles. The zero-order valence-corrected chi connectivity index (χ0v) is 18.6. The van der Waals surface area contributed by atoms with Gasteiger partial charge in [0, 0.05) is 24.0 Å². The van der Waals surface area contributed by atoms with Crippen LogP contribution >= 0.6 is 11.3 Å². The molecule has 1 heterocycles. The molecule has 0 aliphatic carbocycles. The van der Waals surface area contributed by atoms with E-state index in [-0.39, 0.29) is 11.9 Å². The Bertz CT molecular complexity index is 982. The van der Waals surface area contributed by atoms with Crippen molar-refractivity contribution in [1.82, 2.24) is 9.88 Å². The maximum atomic E-state index is 12.9. The molecule has 3 rings (SSSR count). The molecule has 3 aromatic rings. The fourth-order valence-corrected chi connectivity index (χ4v) is 3.65. The Kier molecular flexibility index (Phi) is 7.80. The molecule has 0 saturated heterocycles. The van der Waals surface area contributed by atoms with Crippen molar-refractivity contribution in [3.8, 4) is 5.75 Å². The lowest BCUT2D eigenvalue weighted by atomic mass is 10.1. The minimum absolute atomic E-state index is 0.0115. The van der Waals surface area contributed by atoms with Crippen molar-refractivity contribution in [1.29, 1.82) is 0 Å². The van der Waals surface area contributed by atoms with Gasteiger partial charge in [-0.25, -0.2) is 4.98 Å². The zero-order chi connectivity index (χ0) is 21.3. The summed E-state index contributed by atoms with van der Waals surface area (Å²) in [6, 6.07) is 18.0. The van der Waals surface area contributed by atoms with E-state index in [0.29, 0.717) is 13.2 Å². The van der Waals surface area contributed by atoms with E-state index in [1.54, 1.807) is 17.4 Å². The summed E-state index contributed by atoms with van der Waals surface area (Å²) in [5.74, 6) is 0.774. The molecule has 30 heavy (non-hydrogen) atoms. The number of aryl methyl sites for hydroxylation is 1. The lowest BCUT2D eigenvalue weighted by molar-refractivity contribution is -0.128. The van der Waals surface area contributed by atoms with Crippen LogP contribution in [0.5, 0.6) is 5.75 Å². The molecule has 1 unspecified atom stereocenters. The lowest BCUT2D eigenvalue weighted by Gasteiger charge is -2.27. The highest BCUT2D eigenvalue weighted by Crippen LogP contribution is 2.18. The topological polar surface area (TPSA) is 42.4 Å². The molecule has 0 bridgehead atoms. The number of carbonyl (C=O) groups excluding carboxylic acids is 1. The summed E-state index contributed by atoms with van der Waals surface area (Å²) in [6.45, 7) is 7.22. The van der Waals surface area contributed by atoms with E-state index in [1.807, 2.05) is 65.7 Å². The predicted octanol–water partition coefficient (Wildman–Crippen LogP) is 5.87. The van der Waals surface area contributed by atoms with Gasteiger partial charge in [-0.3, -0.25) is 4.79 Å². The van der Waals surface area contributed by atoms with E-state index in [2.05, 4.69) is 31.0 Å². The van der Waals surface area contributed by atoms with E-state index in [0.717, 1.165) is 34.0 Å². The molecular weight excluding hydrogens is 392 g/mol. The summed E-state index contributed by atoms with van der Waals surface area (Å²) in [5, 5.41) is 3.04. The molecule has 156 valence electrons. The van der Waals surface area contributed by atoms with Crippen LogP contribution in [0.15, 0.2) is 66.1 Å². The van der Waals surface area contributed by atoms with Crippen molar-refractivity contribution in [3.63, 3.8) is 0 Å². The highest BCUT2D eigenvalue weighted by molar-refractivity contribution is 7.09. The predicted molar refractivity (Wildman–Crippen MR) is 123 cm³/mol. The average molecular weight is 421 g/mol. The summed E-state index contributed by atoms with van der Waals surface area (Å²) >= 11 is 1.62. The molecule has 0 fully saturated rings. The van der Waals surface area contributed by atoms with E-state index in [4.69, 9.17) is 4.74 Å². The van der Waals surface area contributed by atoms with Gasteiger partial charge in [0.25, 0.3) is 0 Å². The molecule has 0 N–H and O–H groups in total. The van der Waals surface area contributed by atoms with Crippen LogP contribution in [0.1, 0.15) is 42.1 Å². The number of thiazole rings is 1. The summed E-state index contributed by atoms with van der Waals surface area (Å²) < 4.78 is 5.85. The zero-order valence-electron chi connectivity index (χ0n) is 17.7. The van der Waals surface area contributed by atoms with Crippen molar-refractivity contribution in [2.24, 2.45) is 0 Å². The monoisotopic (exact) mass is 420 g/mol. The second-order valence-corrected chi connectivity index (χ2v) is 8.32. The molecule has 0 aliphatic rings. The summed E-state index contributed by atoms with van der Waals surface area (Å²) in [4.78, 5) is 19.2. The van der Waals surface area contributed by atoms with E-state index in [1.165, 1.54) is 0 Å². The summed E-state index contributed by atoms with van der Waals surface area (Å²) in [5.41, 5.74) is 2.99. The number of hydrogen-bond acceptors (Lipinski definition) is 4. The van der Waals surface area contributed by atoms with Crippen LogP contribution in [0, 0.1) is 6.92 Å². The van der Waals surface area contributed by atoms with Gasteiger partial charge in [-0.2, -0.15) is 0 Å². The van der Waals surface area contributed by atoms with Gasteiger partial charge in [0.15, 0.2) is 0 Å². The number of benzene rings is 2. The third-order valence-electron chi connectivity index (χ3n) is 4.93. The molecule has 0 saturated carbocycles. The van der Waals surface area contributed by atoms with Gasteiger partial charge in [-0.15, -0.1) is 11.3 Å². The Morgan fingerprint density at radius 2 is 2.00 bits per heavy atom. The molecule has 4 nitrogen and oxygen atoms in total. The second kappa shape index (κ2) is 10.7. The van der Waals surface area contributed by atoms with Crippen LogP contribution < -0.4 is 4.74 Å². The Morgan fingerprint density at radius 1 is 1.20 bits per heavy atom. The van der Waals surface area contributed by atoms with Gasteiger partial charge in [0.1, 0.15) is 12.4 Å². The van der Waals surface area contributed by atoms with Crippen molar-refractivity contribution < 1.29 is 9.53 Å². The van der Waals surface area contributed by atoms with Crippen molar-refractivity contribution >= 4 is 23.3 Å². The third-order valence-corrected chi connectivity index (χ3v) is 5.75. The Labute approximate surface area is 182 Å². The largest absolute Gasteiger partial charge is 0.487 e. The quantitative estimate of drug-likeness (QED) is 0.407. The Balaban J connectivity index is 1.65. The van der Waals surface area contributed by atoms with Crippen LogP contribution in [0.3, 0.4) is 0 Å². The minimum Gasteiger partial charge on any atom is -0.487 e. The molecule has 1 amide bonds. The van der Waals surface area contributed by atoms with Gasteiger partial charge in [0.05, 0.1) is 10.7 Å². The molecule has 1 aromatic heterocycles. The SMILES string of the molecule is CCC(C)N(Cc1ccccc1)C(=O)/C=C/c1cccc(OCc2csc(C)n2)c1. The Hall–Kier alpha value is -2.92. The van der Waals surface area contributed by atoms with Gasteiger partial charge >= 0.3 is 0 Å². The fourth-order valence-electron chi connectivity index (χ4n) is 3.05. The molecule has 0 aliphatic heterocycles. The first-order valence-corrected chi connectivity index (χ1v) is 11.1. The average Bonchev–Trinajstić information content (AvgIpc) is 3.20. The van der Waals surface area contributed by atoms with Crippen LogP contribution in [0.25, 0.3) is 6.08 Å². The third kappa shape index (κ3) is 6.29. The number of hydrogen-bond donors (Lipinski definition) is 0. The fraction of sp³-hybridized carbons (Fsp3) is 0.280. The van der Waals surface area contributed by atoms with Crippen molar-refractivity contribution in [2.75, 3.05) is 0 Å². The summed E-state index contributed by atoms with van der Waals surface area (Å²) in [7, 11) is 0. The molecular formula is C25H28N2O2S. The lowest BCUT2D eigenvalue weighted by Crippen LogP contribution is -2.36. The van der Waals surface area contributed by atoms with Crippen LogP contribution in [0.2, 0.25) is 0 Å². The highest BCUT2D eigenvalue weighted by atomic mass is 32.1. The molecule has 0 radical (unpaired) electrons. The van der Waals surface area contributed by atoms with Gasteiger partial charge in [-0.05, 0) is 49.6 Å². The van der Waals surface area contributed by atoms with Gasteiger partial charge in [0.2, 0.25) is 5.91 Å². The van der Waals surface area contributed by atoms with Crippen LogP contribution in [0.4, 0.5) is 0 Å². The highest BCUT2D eigenvalue weighted by Gasteiger charge is 2.17. The number of carbonyl (C=O) groups is 1. The van der Waals surface area contributed by atoms with Crippen molar-refractivity contribution in [3.05, 3.63) is 87.9 Å². The maximum absolute atomic E-state index is 12.9. The number of nitrogens with zero attached hydrogens (tertiary/aromatic N) is 2. The van der Waals surface area contributed by atoms with Crippen LogP contribution in [-0.2, 0) is 17.9 Å². The maximum Gasteiger partial charge on any atom is 0.247 e. The normalized spacial score (nSPS) is 12.1. The minimum atomic E-state index is 0.0115. The first-order valence-electron chi connectivity index (χ1n) is 10.2. The van der Waals surface area contributed by atoms with Crippen molar-refractivity contribution in [2.45, 2.75) is 46.4 Å². The van der Waals surface area contributed by atoms with Gasteiger partial charge < -0.3 is 9.64 Å².